The van der Waals surface area contributed by atoms with Crippen molar-refractivity contribution in [2.75, 3.05) is 12.8 Å². The quantitative estimate of drug-likeness (QED) is 0.780. The number of rotatable bonds is 8. The topological polar surface area (TPSA) is 85.1 Å². The van der Waals surface area contributed by atoms with Gasteiger partial charge in [0.1, 0.15) is 5.25 Å². The highest BCUT2D eigenvalue weighted by Crippen LogP contribution is 2.18. The van der Waals surface area contributed by atoms with Crippen molar-refractivity contribution in [1.29, 1.82) is 0 Å². The summed E-state index contributed by atoms with van der Waals surface area (Å²) in [6, 6.07) is 0.289. The van der Waals surface area contributed by atoms with Crippen molar-refractivity contribution >= 4 is 9.84 Å². The SMILES string of the molecule is CCCC(Cc1nc(C(C)S(C)(=O)=O)no1)NCC. The van der Waals surface area contributed by atoms with E-state index in [0.717, 1.165) is 19.4 Å². The minimum atomic E-state index is -3.19. The summed E-state index contributed by atoms with van der Waals surface area (Å²) < 4.78 is 28.0. The molecule has 0 bridgehead atoms. The van der Waals surface area contributed by atoms with Crippen LogP contribution < -0.4 is 5.32 Å². The highest BCUT2D eigenvalue weighted by Gasteiger charge is 2.23. The molecule has 0 aromatic carbocycles. The normalized spacial score (nSPS) is 15.4. The van der Waals surface area contributed by atoms with E-state index in [0.29, 0.717) is 12.3 Å². The number of hydrogen-bond donors (Lipinski definition) is 1. The van der Waals surface area contributed by atoms with Crippen LogP contribution in [0.3, 0.4) is 0 Å². The van der Waals surface area contributed by atoms with Crippen LogP contribution in [0.1, 0.15) is 50.6 Å². The second-order valence-electron chi connectivity index (χ2n) is 4.77. The average Bonchev–Trinajstić information content (AvgIpc) is 2.76. The summed E-state index contributed by atoms with van der Waals surface area (Å²) in [4.78, 5) is 4.18. The predicted octanol–water partition coefficient (Wildman–Crippen LogP) is 1.50. The molecule has 2 atom stereocenters. The molecular weight excluding hydrogens is 266 g/mol. The Morgan fingerprint density at radius 3 is 2.58 bits per heavy atom. The van der Waals surface area contributed by atoms with E-state index in [1.54, 1.807) is 6.92 Å². The number of likely N-dealkylation sites (N-methyl/N-ethyl adjacent to an activating group) is 1. The van der Waals surface area contributed by atoms with Crippen molar-refractivity contribution in [3.63, 3.8) is 0 Å². The molecule has 0 aliphatic carbocycles. The fourth-order valence-corrected chi connectivity index (χ4v) is 2.31. The van der Waals surface area contributed by atoms with Crippen LogP contribution in [-0.2, 0) is 16.3 Å². The van der Waals surface area contributed by atoms with Crippen LogP contribution in [0.15, 0.2) is 4.52 Å². The molecule has 0 saturated carbocycles. The number of nitrogens with zero attached hydrogens (tertiary/aromatic N) is 2. The third kappa shape index (κ3) is 4.91. The summed E-state index contributed by atoms with van der Waals surface area (Å²) in [7, 11) is -3.19. The Bertz CT molecular complexity index is 478. The van der Waals surface area contributed by atoms with Gasteiger partial charge in [-0.15, -0.1) is 0 Å². The van der Waals surface area contributed by atoms with Crippen LogP contribution in [0.2, 0.25) is 0 Å². The molecule has 19 heavy (non-hydrogen) atoms. The summed E-state index contributed by atoms with van der Waals surface area (Å²) in [5.41, 5.74) is 0. The Hall–Kier alpha value is -0.950. The molecule has 7 heteroatoms. The predicted molar refractivity (Wildman–Crippen MR) is 73.6 cm³/mol. The lowest BCUT2D eigenvalue weighted by atomic mass is 10.1. The standard InChI is InChI=1S/C12H23N3O3S/c1-5-7-10(13-6-2)8-11-14-12(15-18-11)9(3)19(4,16)17/h9-10,13H,5-8H2,1-4H3. The zero-order valence-corrected chi connectivity index (χ0v) is 12.8. The molecule has 110 valence electrons. The highest BCUT2D eigenvalue weighted by molar-refractivity contribution is 7.90. The Labute approximate surface area is 114 Å². The monoisotopic (exact) mass is 289 g/mol. The third-order valence-corrected chi connectivity index (χ3v) is 4.54. The first-order chi connectivity index (χ1) is 8.88. The zero-order chi connectivity index (χ0) is 14.5. The maximum atomic E-state index is 11.4. The van der Waals surface area contributed by atoms with Crippen LogP contribution in [0, 0.1) is 0 Å². The van der Waals surface area contributed by atoms with Gasteiger partial charge in [0.2, 0.25) is 5.89 Å². The van der Waals surface area contributed by atoms with Crippen molar-refractivity contribution in [3.8, 4) is 0 Å². The largest absolute Gasteiger partial charge is 0.339 e. The van der Waals surface area contributed by atoms with Gasteiger partial charge in [0, 0.05) is 18.7 Å². The van der Waals surface area contributed by atoms with Gasteiger partial charge >= 0.3 is 0 Å². The highest BCUT2D eigenvalue weighted by atomic mass is 32.2. The molecule has 0 spiro atoms. The lowest BCUT2D eigenvalue weighted by molar-refractivity contribution is 0.348. The van der Waals surface area contributed by atoms with Crippen LogP contribution >= 0.6 is 0 Å². The molecule has 1 aromatic rings. The van der Waals surface area contributed by atoms with Gasteiger partial charge in [-0.3, -0.25) is 0 Å². The van der Waals surface area contributed by atoms with E-state index in [-0.39, 0.29) is 11.9 Å². The number of hydrogen-bond acceptors (Lipinski definition) is 6. The summed E-state index contributed by atoms with van der Waals surface area (Å²) >= 11 is 0. The Morgan fingerprint density at radius 1 is 1.37 bits per heavy atom. The van der Waals surface area contributed by atoms with Crippen molar-refractivity contribution in [3.05, 3.63) is 11.7 Å². The van der Waals surface area contributed by atoms with Gasteiger partial charge < -0.3 is 9.84 Å². The van der Waals surface area contributed by atoms with Crippen molar-refractivity contribution in [1.82, 2.24) is 15.5 Å². The van der Waals surface area contributed by atoms with Crippen molar-refractivity contribution in [2.24, 2.45) is 0 Å². The first kappa shape index (κ1) is 16.1. The van der Waals surface area contributed by atoms with E-state index >= 15 is 0 Å². The van der Waals surface area contributed by atoms with E-state index < -0.39 is 15.1 Å². The fourth-order valence-electron chi connectivity index (χ4n) is 1.83. The lowest BCUT2D eigenvalue weighted by Gasteiger charge is -2.14. The minimum absolute atomic E-state index is 0.240. The molecule has 1 rings (SSSR count). The van der Waals surface area contributed by atoms with Gasteiger partial charge in [0.15, 0.2) is 15.7 Å². The molecule has 6 nitrogen and oxygen atoms in total. The molecule has 0 amide bonds. The van der Waals surface area contributed by atoms with Gasteiger partial charge in [-0.2, -0.15) is 4.98 Å². The van der Waals surface area contributed by atoms with Crippen LogP contribution in [0.25, 0.3) is 0 Å². The van der Waals surface area contributed by atoms with Crippen molar-refractivity contribution < 1.29 is 12.9 Å². The smallest absolute Gasteiger partial charge is 0.228 e. The summed E-state index contributed by atoms with van der Waals surface area (Å²) in [6.45, 7) is 6.62. The summed E-state index contributed by atoms with van der Waals surface area (Å²) in [6.07, 6.45) is 3.89. The maximum Gasteiger partial charge on any atom is 0.228 e. The summed E-state index contributed by atoms with van der Waals surface area (Å²) in [5, 5.41) is 6.39. The molecule has 2 unspecified atom stereocenters. The van der Waals surface area contributed by atoms with Crippen molar-refractivity contribution in [2.45, 2.75) is 51.3 Å². The van der Waals surface area contributed by atoms with Gasteiger partial charge in [-0.1, -0.05) is 25.4 Å². The fraction of sp³-hybridized carbons (Fsp3) is 0.833. The van der Waals surface area contributed by atoms with E-state index in [1.807, 2.05) is 6.92 Å². The van der Waals surface area contributed by atoms with Gasteiger partial charge in [0.25, 0.3) is 0 Å². The maximum absolute atomic E-state index is 11.4. The molecule has 1 N–H and O–H groups in total. The second-order valence-corrected chi connectivity index (χ2v) is 7.13. The Balaban J connectivity index is 2.73. The van der Waals surface area contributed by atoms with Crippen LogP contribution in [0.4, 0.5) is 0 Å². The zero-order valence-electron chi connectivity index (χ0n) is 12.0. The minimum Gasteiger partial charge on any atom is -0.339 e. The van der Waals surface area contributed by atoms with Crippen LogP contribution in [0.5, 0.6) is 0 Å². The molecule has 0 fully saturated rings. The average molecular weight is 289 g/mol. The van der Waals surface area contributed by atoms with Crippen LogP contribution in [-0.4, -0.2) is 37.4 Å². The first-order valence-corrected chi connectivity index (χ1v) is 8.58. The molecular formula is C12H23N3O3S. The Morgan fingerprint density at radius 2 is 2.05 bits per heavy atom. The van der Waals surface area contributed by atoms with E-state index in [9.17, 15) is 8.42 Å². The molecule has 0 radical (unpaired) electrons. The van der Waals surface area contributed by atoms with E-state index in [4.69, 9.17) is 4.52 Å². The number of nitrogens with one attached hydrogen (secondary N) is 1. The van der Waals surface area contributed by atoms with E-state index in [2.05, 4.69) is 22.4 Å². The Kier molecular flexibility index (Phi) is 5.93. The molecule has 1 aromatic heterocycles. The van der Waals surface area contributed by atoms with Gasteiger partial charge in [-0.05, 0) is 19.9 Å². The van der Waals surface area contributed by atoms with E-state index in [1.165, 1.54) is 6.26 Å². The third-order valence-electron chi connectivity index (χ3n) is 3.04. The molecule has 0 saturated heterocycles. The first-order valence-electron chi connectivity index (χ1n) is 6.63. The second kappa shape index (κ2) is 7.00. The molecule has 0 aliphatic heterocycles. The summed E-state index contributed by atoms with van der Waals surface area (Å²) in [5.74, 6) is 0.731. The van der Waals surface area contributed by atoms with Gasteiger partial charge in [-0.25, -0.2) is 8.42 Å². The lowest BCUT2D eigenvalue weighted by Crippen LogP contribution is -2.30. The number of aromatic nitrogens is 2. The molecule has 0 aliphatic rings. The van der Waals surface area contributed by atoms with Gasteiger partial charge in [0.05, 0.1) is 0 Å². The number of sulfone groups is 1. The molecule has 1 heterocycles.